The molecule has 8 nitrogen and oxygen atoms in total. The van der Waals surface area contributed by atoms with Crippen LogP contribution in [-0.2, 0) is 9.47 Å². The monoisotopic (exact) mass is 479 g/mol. The molecule has 174 valence electrons. The molecule has 10 heteroatoms. The molecule has 0 aliphatic carbocycles. The Hall–Kier alpha value is -1.52. The van der Waals surface area contributed by atoms with Gasteiger partial charge in [-0.15, -0.1) is 11.3 Å². The lowest BCUT2D eigenvalue weighted by molar-refractivity contribution is -0.0716. The van der Waals surface area contributed by atoms with Gasteiger partial charge in [-0.2, -0.15) is 0 Å². The molecule has 0 N–H and O–H groups in total. The predicted molar refractivity (Wildman–Crippen MR) is 124 cm³/mol. The van der Waals surface area contributed by atoms with E-state index in [1.807, 2.05) is 31.9 Å². The molecule has 3 saturated heterocycles. The molecule has 1 amide bonds. The average Bonchev–Trinajstić information content (AvgIpc) is 3.25. The van der Waals surface area contributed by atoms with Crippen molar-refractivity contribution in [2.24, 2.45) is 0 Å². The zero-order valence-corrected chi connectivity index (χ0v) is 20.3. The number of amides is 1. The number of alkyl halides is 1. The van der Waals surface area contributed by atoms with Crippen LogP contribution in [0.1, 0.15) is 44.7 Å². The van der Waals surface area contributed by atoms with Gasteiger partial charge in [0, 0.05) is 49.3 Å². The minimum absolute atomic E-state index is 0.0724. The number of ether oxygens (including phenoxy) is 2. The van der Waals surface area contributed by atoms with Gasteiger partial charge in [-0.3, -0.25) is 14.7 Å². The molecule has 5 heterocycles. The van der Waals surface area contributed by atoms with Gasteiger partial charge in [0.1, 0.15) is 17.5 Å². The van der Waals surface area contributed by atoms with Crippen LogP contribution in [0, 0.1) is 0 Å². The van der Waals surface area contributed by atoms with E-state index < -0.39 is 5.60 Å². The number of hydrogen-bond acceptors (Lipinski definition) is 8. The van der Waals surface area contributed by atoms with Crippen molar-refractivity contribution in [3.63, 3.8) is 0 Å². The number of thiophene rings is 1. The lowest BCUT2D eigenvalue weighted by Crippen LogP contribution is -2.60. The molecule has 3 aliphatic heterocycles. The van der Waals surface area contributed by atoms with E-state index in [1.54, 1.807) is 17.7 Å². The molecule has 4 unspecified atom stereocenters. The number of carbonyl (C=O) groups excluding carboxylic acids is 1. The molecule has 32 heavy (non-hydrogen) atoms. The molecule has 2 bridgehead atoms. The fourth-order valence-electron chi connectivity index (χ4n) is 5.12. The lowest BCUT2D eigenvalue weighted by atomic mass is 10.1. The maximum atomic E-state index is 12.9. The molecule has 0 radical (unpaired) electrons. The third-order valence-corrected chi connectivity index (χ3v) is 7.69. The maximum Gasteiger partial charge on any atom is 0.410 e. The summed E-state index contributed by atoms with van der Waals surface area (Å²) in [5, 5.41) is 0. The molecule has 0 spiro atoms. The third-order valence-electron chi connectivity index (χ3n) is 6.33. The summed E-state index contributed by atoms with van der Waals surface area (Å²) >= 11 is 8.12. The second kappa shape index (κ2) is 8.68. The number of carbonyl (C=O) groups is 1. The number of piperazine rings is 1. The molecule has 0 saturated carbocycles. The number of fused-ring (bicyclic) bond motifs is 3. The van der Waals surface area contributed by atoms with E-state index in [0.717, 1.165) is 42.7 Å². The van der Waals surface area contributed by atoms with Crippen LogP contribution >= 0.6 is 22.9 Å². The minimum Gasteiger partial charge on any atom is -0.444 e. The Morgan fingerprint density at radius 2 is 2.00 bits per heavy atom. The van der Waals surface area contributed by atoms with Gasteiger partial charge in [0.15, 0.2) is 0 Å². The van der Waals surface area contributed by atoms with Crippen molar-refractivity contribution in [2.45, 2.75) is 63.0 Å². The van der Waals surface area contributed by atoms with Gasteiger partial charge in [-0.25, -0.2) is 14.8 Å². The first kappa shape index (κ1) is 22.3. The van der Waals surface area contributed by atoms with Crippen LogP contribution < -0.4 is 0 Å². The van der Waals surface area contributed by atoms with Gasteiger partial charge in [-0.05, 0) is 39.7 Å². The number of hydrogen-bond donors (Lipinski definition) is 0. The van der Waals surface area contributed by atoms with Crippen molar-refractivity contribution in [1.29, 1.82) is 0 Å². The molecule has 4 atom stereocenters. The van der Waals surface area contributed by atoms with Crippen LogP contribution in [0.2, 0.25) is 0 Å². The molecule has 3 fully saturated rings. The number of rotatable bonds is 3. The van der Waals surface area contributed by atoms with E-state index in [4.69, 9.17) is 21.1 Å². The Balaban J connectivity index is 1.42. The largest absolute Gasteiger partial charge is 0.444 e. The smallest absolute Gasteiger partial charge is 0.410 e. The Bertz CT molecular complexity index is 935. The van der Waals surface area contributed by atoms with E-state index >= 15 is 0 Å². The molecule has 2 aromatic rings. The zero-order valence-electron chi connectivity index (χ0n) is 18.7. The second-order valence-corrected chi connectivity index (χ2v) is 11.4. The third kappa shape index (κ3) is 4.46. The summed E-state index contributed by atoms with van der Waals surface area (Å²) < 4.78 is 12.4. The lowest BCUT2D eigenvalue weighted by Gasteiger charge is -2.48. The van der Waals surface area contributed by atoms with Crippen LogP contribution in [0.3, 0.4) is 0 Å². The van der Waals surface area contributed by atoms with Gasteiger partial charge in [0.05, 0.1) is 23.0 Å². The number of halogens is 1. The van der Waals surface area contributed by atoms with E-state index in [2.05, 4.69) is 25.8 Å². The molecular weight excluding hydrogens is 450 g/mol. The SMILES string of the molecule is CC(C)(C)OC(=O)N1C2CCC1CN(C(c1cc3ncncc3s1)N1CCOC(Cl)C1)C2. The van der Waals surface area contributed by atoms with Gasteiger partial charge >= 0.3 is 6.09 Å². The summed E-state index contributed by atoms with van der Waals surface area (Å²) in [4.78, 5) is 29.7. The van der Waals surface area contributed by atoms with E-state index in [-0.39, 0.29) is 29.9 Å². The second-order valence-electron chi connectivity index (χ2n) is 9.80. The first-order chi connectivity index (χ1) is 15.3. The Morgan fingerprint density at radius 1 is 1.25 bits per heavy atom. The van der Waals surface area contributed by atoms with Crippen molar-refractivity contribution in [3.05, 3.63) is 23.5 Å². The summed E-state index contributed by atoms with van der Waals surface area (Å²) in [6, 6.07) is 2.49. The first-order valence-electron chi connectivity index (χ1n) is 11.2. The summed E-state index contributed by atoms with van der Waals surface area (Å²) in [7, 11) is 0. The van der Waals surface area contributed by atoms with E-state index in [1.165, 1.54) is 4.88 Å². The van der Waals surface area contributed by atoms with Crippen molar-refractivity contribution < 1.29 is 14.3 Å². The van der Waals surface area contributed by atoms with Crippen LogP contribution in [0.5, 0.6) is 0 Å². The van der Waals surface area contributed by atoms with Gasteiger partial charge in [-0.1, -0.05) is 11.6 Å². The maximum absolute atomic E-state index is 12.9. The van der Waals surface area contributed by atoms with E-state index in [9.17, 15) is 4.79 Å². The standard InChI is InChI=1S/C22H30ClN5O3S/c1-22(2,3)31-21(29)28-14-4-5-15(28)11-27(10-14)20(26-6-7-30-19(23)12-26)17-8-16-18(32-17)9-24-13-25-16/h8-9,13-15,19-20H,4-7,10-12H2,1-3H3. The average molecular weight is 480 g/mol. The molecule has 3 aliphatic rings. The fourth-order valence-corrected chi connectivity index (χ4v) is 6.54. The Morgan fingerprint density at radius 3 is 2.66 bits per heavy atom. The molecule has 2 aromatic heterocycles. The Labute approximate surface area is 197 Å². The highest BCUT2D eigenvalue weighted by molar-refractivity contribution is 7.19. The van der Waals surface area contributed by atoms with Gasteiger partial charge in [0.25, 0.3) is 0 Å². The molecular formula is C22H30ClN5O3S. The van der Waals surface area contributed by atoms with Crippen molar-refractivity contribution >= 4 is 39.2 Å². The van der Waals surface area contributed by atoms with Gasteiger partial charge < -0.3 is 9.47 Å². The molecule has 5 rings (SSSR count). The summed E-state index contributed by atoms with van der Waals surface area (Å²) in [5.41, 5.74) is 0.161. The summed E-state index contributed by atoms with van der Waals surface area (Å²) in [6.45, 7) is 9.47. The number of aromatic nitrogens is 2. The van der Waals surface area contributed by atoms with E-state index in [0.29, 0.717) is 13.2 Å². The summed E-state index contributed by atoms with van der Waals surface area (Å²) in [5.74, 6) is 0. The van der Waals surface area contributed by atoms with Crippen LogP contribution in [0.4, 0.5) is 4.79 Å². The first-order valence-corrected chi connectivity index (χ1v) is 12.5. The highest BCUT2D eigenvalue weighted by atomic mass is 35.5. The number of morpholine rings is 1. The van der Waals surface area contributed by atoms with Crippen LogP contribution in [-0.4, -0.2) is 86.8 Å². The highest BCUT2D eigenvalue weighted by Gasteiger charge is 2.47. The predicted octanol–water partition coefficient (Wildman–Crippen LogP) is 3.67. The zero-order chi connectivity index (χ0) is 22.5. The Kier molecular flexibility index (Phi) is 6.05. The number of likely N-dealkylation sites (tertiary alicyclic amines) is 1. The van der Waals surface area contributed by atoms with Crippen molar-refractivity contribution in [3.8, 4) is 0 Å². The quantitative estimate of drug-likeness (QED) is 0.622. The molecule has 0 aromatic carbocycles. The fraction of sp³-hybridized carbons (Fsp3) is 0.682. The van der Waals surface area contributed by atoms with Crippen molar-refractivity contribution in [2.75, 3.05) is 32.8 Å². The van der Waals surface area contributed by atoms with Crippen LogP contribution in [0.25, 0.3) is 10.2 Å². The van der Waals surface area contributed by atoms with Gasteiger partial charge in [0.2, 0.25) is 0 Å². The number of nitrogens with zero attached hydrogens (tertiary/aromatic N) is 5. The minimum atomic E-state index is -0.489. The highest BCUT2D eigenvalue weighted by Crippen LogP contribution is 2.40. The normalized spacial score (nSPS) is 28.2. The van der Waals surface area contributed by atoms with Crippen molar-refractivity contribution in [1.82, 2.24) is 24.7 Å². The topological polar surface area (TPSA) is 71.0 Å². The summed E-state index contributed by atoms with van der Waals surface area (Å²) in [6.07, 6.45) is 5.37. The van der Waals surface area contributed by atoms with Crippen LogP contribution in [0.15, 0.2) is 18.6 Å².